The number of benzene rings is 2. The Bertz CT molecular complexity index is 1370. The second-order valence-corrected chi connectivity index (χ2v) is 8.27. The van der Waals surface area contributed by atoms with Gasteiger partial charge in [0.25, 0.3) is 0 Å². The van der Waals surface area contributed by atoms with E-state index in [1.807, 2.05) is 12.1 Å². The Morgan fingerprint density at radius 1 is 1.12 bits per heavy atom. The fourth-order valence-electron chi connectivity index (χ4n) is 3.03. The SMILES string of the molecule is O=C(Cn1nc2c(SCc3ccc(Cl)cc3)nccn2c1=O)Nc1ccccc1C(F)(F)F. The second-order valence-electron chi connectivity index (χ2n) is 6.87. The third-order valence-electron chi connectivity index (χ3n) is 4.56. The van der Waals surface area contributed by atoms with Gasteiger partial charge >= 0.3 is 11.9 Å². The average Bonchev–Trinajstić information content (AvgIpc) is 3.09. The van der Waals surface area contributed by atoms with E-state index in [1.165, 1.54) is 40.7 Å². The molecule has 0 saturated carbocycles. The van der Waals surface area contributed by atoms with Crippen LogP contribution in [0.2, 0.25) is 5.02 Å². The maximum atomic E-state index is 13.2. The van der Waals surface area contributed by atoms with Crippen LogP contribution in [-0.4, -0.2) is 25.1 Å². The van der Waals surface area contributed by atoms with E-state index < -0.39 is 35.6 Å². The van der Waals surface area contributed by atoms with Gasteiger partial charge in [0.05, 0.1) is 11.3 Å². The van der Waals surface area contributed by atoms with Gasteiger partial charge in [-0.3, -0.25) is 4.79 Å². The van der Waals surface area contributed by atoms with Gasteiger partial charge in [0.15, 0.2) is 5.65 Å². The molecule has 0 aliphatic heterocycles. The summed E-state index contributed by atoms with van der Waals surface area (Å²) in [5.41, 5.74) is -0.763. The Balaban J connectivity index is 1.54. The van der Waals surface area contributed by atoms with Gasteiger partial charge in [-0.1, -0.05) is 47.6 Å². The molecule has 0 fully saturated rings. The van der Waals surface area contributed by atoms with Crippen molar-refractivity contribution >= 4 is 40.6 Å². The standard InChI is InChI=1S/C21H15ClF3N5O2S/c22-14-7-5-13(6-8-14)12-33-19-18-28-30(20(32)29(18)10-9-26-19)11-17(31)27-16-4-2-1-3-15(16)21(23,24)25/h1-10H,11-12H2,(H,27,31). The number of anilines is 1. The number of rotatable bonds is 6. The molecule has 0 atom stereocenters. The van der Waals surface area contributed by atoms with E-state index in [2.05, 4.69) is 15.4 Å². The summed E-state index contributed by atoms with van der Waals surface area (Å²) in [5.74, 6) is -0.278. The molecule has 0 unspecified atom stereocenters. The normalized spacial score (nSPS) is 11.6. The van der Waals surface area contributed by atoms with Crippen molar-refractivity contribution in [2.24, 2.45) is 0 Å². The van der Waals surface area contributed by atoms with E-state index in [9.17, 15) is 22.8 Å². The lowest BCUT2D eigenvalue weighted by Gasteiger charge is -2.13. The van der Waals surface area contributed by atoms with Crippen molar-refractivity contribution < 1.29 is 18.0 Å². The van der Waals surface area contributed by atoms with Crippen LogP contribution in [0.4, 0.5) is 18.9 Å². The predicted octanol–water partition coefficient (Wildman–Crippen LogP) is 4.49. The Kier molecular flexibility index (Phi) is 6.43. The van der Waals surface area contributed by atoms with Crippen LogP contribution in [0.5, 0.6) is 0 Å². The zero-order valence-electron chi connectivity index (χ0n) is 16.7. The minimum Gasteiger partial charge on any atom is -0.324 e. The van der Waals surface area contributed by atoms with Gasteiger partial charge in [-0.05, 0) is 29.8 Å². The zero-order valence-corrected chi connectivity index (χ0v) is 18.3. The van der Waals surface area contributed by atoms with Crippen molar-refractivity contribution in [2.75, 3.05) is 5.32 Å². The molecule has 2 aromatic heterocycles. The molecule has 7 nitrogen and oxygen atoms in total. The Morgan fingerprint density at radius 3 is 2.58 bits per heavy atom. The Labute approximate surface area is 194 Å². The third kappa shape index (κ3) is 5.20. The molecule has 0 spiro atoms. The lowest BCUT2D eigenvalue weighted by atomic mass is 10.1. The minimum absolute atomic E-state index is 0.241. The van der Waals surface area contributed by atoms with Gasteiger partial charge in [-0.2, -0.15) is 13.2 Å². The second kappa shape index (κ2) is 9.28. The van der Waals surface area contributed by atoms with E-state index in [0.29, 0.717) is 15.8 Å². The molecule has 0 radical (unpaired) electrons. The number of hydrogen-bond acceptors (Lipinski definition) is 5. The molecule has 1 amide bonds. The highest BCUT2D eigenvalue weighted by Crippen LogP contribution is 2.34. The van der Waals surface area contributed by atoms with Gasteiger partial charge in [0.2, 0.25) is 5.91 Å². The summed E-state index contributed by atoms with van der Waals surface area (Å²) in [7, 11) is 0. The number of aromatic nitrogens is 4. The number of carbonyl (C=O) groups excluding carboxylic acids is 1. The summed E-state index contributed by atoms with van der Waals surface area (Å²) in [6, 6.07) is 11.9. The molecule has 0 aliphatic rings. The fraction of sp³-hybridized carbons (Fsp3) is 0.143. The van der Waals surface area contributed by atoms with Crippen LogP contribution >= 0.6 is 23.4 Å². The van der Waals surface area contributed by atoms with Crippen LogP contribution in [0.25, 0.3) is 5.65 Å². The number of nitrogens with one attached hydrogen (secondary N) is 1. The van der Waals surface area contributed by atoms with E-state index in [0.717, 1.165) is 22.4 Å². The fourth-order valence-corrected chi connectivity index (χ4v) is 4.05. The minimum atomic E-state index is -4.63. The van der Waals surface area contributed by atoms with Crippen molar-refractivity contribution in [3.63, 3.8) is 0 Å². The van der Waals surface area contributed by atoms with Crippen molar-refractivity contribution in [1.29, 1.82) is 0 Å². The summed E-state index contributed by atoms with van der Waals surface area (Å²) in [6.07, 6.45) is -1.79. The van der Waals surface area contributed by atoms with Crippen molar-refractivity contribution in [2.45, 2.75) is 23.5 Å². The molecule has 4 rings (SSSR count). The number of amides is 1. The lowest BCUT2D eigenvalue weighted by Crippen LogP contribution is -2.28. The van der Waals surface area contributed by atoms with Crippen molar-refractivity contribution in [1.82, 2.24) is 19.2 Å². The first kappa shape index (κ1) is 22.9. The molecule has 1 N–H and O–H groups in total. The van der Waals surface area contributed by atoms with Gasteiger partial charge in [-0.25, -0.2) is 18.9 Å². The number of thioether (sulfide) groups is 1. The first-order valence-corrected chi connectivity index (χ1v) is 10.9. The summed E-state index contributed by atoms with van der Waals surface area (Å²) in [4.78, 5) is 29.3. The maximum absolute atomic E-state index is 13.2. The number of para-hydroxylation sites is 1. The van der Waals surface area contributed by atoms with E-state index >= 15 is 0 Å². The van der Waals surface area contributed by atoms with Crippen LogP contribution in [0, 0.1) is 0 Å². The first-order chi connectivity index (χ1) is 15.7. The number of halogens is 4. The van der Waals surface area contributed by atoms with Crippen LogP contribution in [0.3, 0.4) is 0 Å². The van der Waals surface area contributed by atoms with Crippen molar-refractivity contribution in [3.8, 4) is 0 Å². The summed E-state index contributed by atoms with van der Waals surface area (Å²) >= 11 is 7.23. The quantitative estimate of drug-likeness (QED) is 0.400. The Hall–Kier alpha value is -3.31. The largest absolute Gasteiger partial charge is 0.418 e. The molecular weight excluding hydrogens is 479 g/mol. The number of nitrogens with zero attached hydrogens (tertiary/aromatic N) is 4. The molecular formula is C21H15ClF3N5O2S. The van der Waals surface area contributed by atoms with Gasteiger partial charge in [-0.15, -0.1) is 5.10 Å². The summed E-state index contributed by atoms with van der Waals surface area (Å²) < 4.78 is 41.6. The molecule has 33 heavy (non-hydrogen) atoms. The van der Waals surface area contributed by atoms with E-state index in [4.69, 9.17) is 11.6 Å². The van der Waals surface area contributed by atoms with E-state index in [-0.39, 0.29) is 5.65 Å². The monoisotopic (exact) mass is 493 g/mol. The van der Waals surface area contributed by atoms with Crippen molar-refractivity contribution in [3.05, 3.63) is 87.6 Å². The summed E-state index contributed by atoms with van der Waals surface area (Å²) in [5, 5.41) is 7.45. The zero-order chi connectivity index (χ0) is 23.6. The number of hydrogen-bond donors (Lipinski definition) is 1. The highest BCUT2D eigenvalue weighted by Gasteiger charge is 2.33. The molecule has 170 valence electrons. The molecule has 2 heterocycles. The Morgan fingerprint density at radius 2 is 1.85 bits per heavy atom. The molecule has 4 aromatic rings. The van der Waals surface area contributed by atoms with Crippen LogP contribution in [0.15, 0.2) is 70.7 Å². The predicted molar refractivity (Wildman–Crippen MR) is 118 cm³/mol. The molecule has 0 bridgehead atoms. The van der Waals surface area contributed by atoms with Crippen LogP contribution in [0.1, 0.15) is 11.1 Å². The first-order valence-electron chi connectivity index (χ1n) is 9.50. The number of fused-ring (bicyclic) bond motifs is 1. The average molecular weight is 494 g/mol. The third-order valence-corrected chi connectivity index (χ3v) is 5.85. The molecule has 12 heteroatoms. The number of carbonyl (C=O) groups is 1. The molecule has 0 saturated heterocycles. The summed E-state index contributed by atoms with van der Waals surface area (Å²) in [6.45, 7) is -0.562. The van der Waals surface area contributed by atoms with Gasteiger partial charge in [0, 0.05) is 23.2 Å². The van der Waals surface area contributed by atoms with Crippen LogP contribution < -0.4 is 11.0 Å². The van der Waals surface area contributed by atoms with Gasteiger partial charge < -0.3 is 5.32 Å². The highest BCUT2D eigenvalue weighted by atomic mass is 35.5. The van der Waals surface area contributed by atoms with Gasteiger partial charge in [0.1, 0.15) is 11.6 Å². The molecule has 0 aliphatic carbocycles. The lowest BCUT2D eigenvalue weighted by molar-refractivity contribution is -0.137. The topological polar surface area (TPSA) is 81.3 Å². The van der Waals surface area contributed by atoms with E-state index in [1.54, 1.807) is 12.1 Å². The maximum Gasteiger partial charge on any atom is 0.418 e. The highest BCUT2D eigenvalue weighted by molar-refractivity contribution is 7.98. The smallest absolute Gasteiger partial charge is 0.324 e. The van der Waals surface area contributed by atoms with Crippen LogP contribution in [-0.2, 0) is 23.3 Å². The molecule has 2 aromatic carbocycles. The number of alkyl halides is 3.